The van der Waals surface area contributed by atoms with Gasteiger partial charge in [0, 0.05) is 15.9 Å². The molecule has 1 aromatic carbocycles. The predicted octanol–water partition coefficient (Wildman–Crippen LogP) is 3.57. The number of aromatic amines is 1. The molecule has 88 valence electrons. The van der Waals surface area contributed by atoms with Crippen molar-refractivity contribution in [3.05, 3.63) is 34.5 Å². The van der Waals surface area contributed by atoms with Crippen molar-refractivity contribution in [3.63, 3.8) is 0 Å². The molecule has 1 heterocycles. The van der Waals surface area contributed by atoms with Gasteiger partial charge in [-0.1, -0.05) is 18.5 Å². The summed E-state index contributed by atoms with van der Waals surface area (Å²) in [4.78, 5) is 14.3. The molecule has 0 atom stereocenters. The summed E-state index contributed by atoms with van der Waals surface area (Å²) in [6, 6.07) is 5.45. The van der Waals surface area contributed by atoms with E-state index in [1.807, 2.05) is 12.1 Å². The van der Waals surface area contributed by atoms with Crippen LogP contribution in [0.15, 0.2) is 18.2 Å². The second-order valence-corrected chi connectivity index (χ2v) is 5.37. The van der Waals surface area contributed by atoms with Crippen LogP contribution in [0.5, 0.6) is 0 Å². The Morgan fingerprint density at radius 2 is 2.18 bits per heavy atom. The lowest BCUT2D eigenvalue weighted by Gasteiger charge is -2.08. The number of H-pyrrole nitrogens is 1. The lowest BCUT2D eigenvalue weighted by atomic mass is 9.95. The number of nitrogens with one attached hydrogen (secondary N) is 1. The zero-order valence-electron chi connectivity index (χ0n) is 9.38. The highest BCUT2D eigenvalue weighted by atomic mass is 35.5. The van der Waals surface area contributed by atoms with Gasteiger partial charge in [-0.05, 0) is 42.0 Å². The van der Waals surface area contributed by atoms with Crippen molar-refractivity contribution in [2.75, 3.05) is 0 Å². The fourth-order valence-corrected chi connectivity index (χ4v) is 2.56. The normalized spacial score (nSPS) is 17.3. The first-order chi connectivity index (χ1) is 8.01. The smallest absolute Gasteiger partial charge is 0.352 e. The molecule has 0 radical (unpaired) electrons. The van der Waals surface area contributed by atoms with Crippen molar-refractivity contribution in [2.24, 2.45) is 0 Å². The maximum absolute atomic E-state index is 11.3. The summed E-state index contributed by atoms with van der Waals surface area (Å²) in [5, 5.41) is 10.8. The number of carboxylic acids is 1. The zero-order valence-corrected chi connectivity index (χ0v) is 10.1. The Morgan fingerprint density at radius 1 is 1.47 bits per heavy atom. The molecule has 0 amide bonds. The summed E-state index contributed by atoms with van der Waals surface area (Å²) in [6.45, 7) is 2.10. The number of halogens is 1. The molecule has 0 saturated heterocycles. The van der Waals surface area contributed by atoms with Crippen molar-refractivity contribution in [1.29, 1.82) is 0 Å². The minimum absolute atomic E-state index is 0.00332. The Hall–Kier alpha value is -1.48. The molecular formula is C13H12ClNO2. The molecule has 0 bridgehead atoms. The fourth-order valence-electron chi connectivity index (χ4n) is 2.39. The van der Waals surface area contributed by atoms with E-state index < -0.39 is 5.97 Å². The summed E-state index contributed by atoms with van der Waals surface area (Å²) in [6.07, 6.45) is 2.07. The van der Waals surface area contributed by atoms with Gasteiger partial charge in [-0.25, -0.2) is 4.79 Å². The van der Waals surface area contributed by atoms with E-state index in [0.29, 0.717) is 10.7 Å². The molecule has 2 N–H and O–H groups in total. The number of aromatic carboxylic acids is 1. The van der Waals surface area contributed by atoms with Crippen LogP contribution in [0.1, 0.15) is 35.8 Å². The van der Waals surface area contributed by atoms with E-state index in [1.54, 1.807) is 6.07 Å². The molecule has 0 spiro atoms. The van der Waals surface area contributed by atoms with E-state index in [9.17, 15) is 9.90 Å². The quantitative estimate of drug-likeness (QED) is 0.855. The van der Waals surface area contributed by atoms with Crippen LogP contribution in [0.4, 0.5) is 0 Å². The van der Waals surface area contributed by atoms with Crippen LogP contribution in [-0.4, -0.2) is 16.1 Å². The van der Waals surface area contributed by atoms with Crippen molar-refractivity contribution < 1.29 is 9.90 Å². The maximum atomic E-state index is 11.3. The highest BCUT2D eigenvalue weighted by molar-refractivity contribution is 6.31. The second-order valence-electron chi connectivity index (χ2n) is 4.93. The molecule has 1 aromatic heterocycles. The van der Waals surface area contributed by atoms with Crippen LogP contribution in [-0.2, 0) is 5.41 Å². The molecule has 2 aromatic rings. The number of carbonyl (C=O) groups is 1. The molecule has 4 heteroatoms. The number of fused-ring (bicyclic) bond motifs is 1. The van der Waals surface area contributed by atoms with E-state index >= 15 is 0 Å². The number of rotatable bonds is 2. The van der Waals surface area contributed by atoms with Gasteiger partial charge in [-0.15, -0.1) is 0 Å². The molecule has 17 heavy (non-hydrogen) atoms. The molecule has 1 aliphatic carbocycles. The van der Waals surface area contributed by atoms with Crippen molar-refractivity contribution in [2.45, 2.75) is 25.2 Å². The van der Waals surface area contributed by atoms with Gasteiger partial charge < -0.3 is 10.1 Å². The van der Waals surface area contributed by atoms with Crippen LogP contribution in [0.2, 0.25) is 5.02 Å². The molecule has 0 unspecified atom stereocenters. The first kappa shape index (κ1) is 10.7. The van der Waals surface area contributed by atoms with Crippen LogP contribution in [0.25, 0.3) is 10.9 Å². The van der Waals surface area contributed by atoms with Gasteiger partial charge in [0.1, 0.15) is 5.69 Å². The highest BCUT2D eigenvalue weighted by Gasteiger charge is 2.43. The van der Waals surface area contributed by atoms with Gasteiger partial charge in [-0.3, -0.25) is 0 Å². The Labute approximate surface area is 103 Å². The average Bonchev–Trinajstić information content (AvgIpc) is 2.88. The Morgan fingerprint density at radius 3 is 2.76 bits per heavy atom. The highest BCUT2D eigenvalue weighted by Crippen LogP contribution is 2.51. The summed E-state index contributed by atoms with van der Waals surface area (Å²) in [7, 11) is 0. The minimum Gasteiger partial charge on any atom is -0.477 e. The van der Waals surface area contributed by atoms with Gasteiger partial charge in [0.05, 0.1) is 0 Å². The van der Waals surface area contributed by atoms with Crippen LogP contribution < -0.4 is 0 Å². The molecule has 3 rings (SSSR count). The summed E-state index contributed by atoms with van der Waals surface area (Å²) < 4.78 is 0. The van der Waals surface area contributed by atoms with Crippen LogP contribution in [0, 0.1) is 0 Å². The van der Waals surface area contributed by atoms with Gasteiger partial charge in [0.15, 0.2) is 0 Å². The lowest BCUT2D eigenvalue weighted by molar-refractivity contribution is 0.0689. The zero-order chi connectivity index (χ0) is 12.2. The van der Waals surface area contributed by atoms with Crippen LogP contribution in [0.3, 0.4) is 0 Å². The number of carboxylic acid groups (broad SMARTS) is 1. The van der Waals surface area contributed by atoms with Gasteiger partial charge in [0.2, 0.25) is 0 Å². The molecule has 1 fully saturated rings. The summed E-state index contributed by atoms with van der Waals surface area (Å²) >= 11 is 5.99. The number of benzene rings is 1. The third-order valence-corrected chi connectivity index (χ3v) is 3.81. The number of aromatic nitrogens is 1. The van der Waals surface area contributed by atoms with Crippen molar-refractivity contribution in [3.8, 4) is 0 Å². The van der Waals surface area contributed by atoms with Gasteiger partial charge in [-0.2, -0.15) is 0 Å². The second kappa shape index (κ2) is 3.26. The molecule has 1 saturated carbocycles. The van der Waals surface area contributed by atoms with Crippen LogP contribution >= 0.6 is 11.6 Å². The number of hydrogen-bond donors (Lipinski definition) is 2. The standard InChI is InChI=1S/C13H12ClNO2/c1-13(4-5-13)10-8-6-7(14)2-3-9(8)15-11(10)12(16)17/h2-3,6,15H,4-5H2,1H3,(H,16,17). The van der Waals surface area contributed by atoms with E-state index in [1.165, 1.54) is 0 Å². The topological polar surface area (TPSA) is 53.1 Å². The fraction of sp³-hybridized carbons (Fsp3) is 0.308. The minimum atomic E-state index is -0.902. The van der Waals surface area contributed by atoms with E-state index in [2.05, 4.69) is 11.9 Å². The Bertz CT molecular complexity index is 626. The van der Waals surface area contributed by atoms with Crippen molar-refractivity contribution >= 4 is 28.5 Å². The lowest BCUT2D eigenvalue weighted by Crippen LogP contribution is -2.08. The number of hydrogen-bond acceptors (Lipinski definition) is 1. The molecular weight excluding hydrogens is 238 g/mol. The summed E-state index contributed by atoms with van der Waals surface area (Å²) in [5.41, 5.74) is 2.05. The third kappa shape index (κ3) is 1.53. The largest absolute Gasteiger partial charge is 0.477 e. The average molecular weight is 250 g/mol. The monoisotopic (exact) mass is 249 g/mol. The van der Waals surface area contributed by atoms with E-state index in [-0.39, 0.29) is 5.41 Å². The predicted molar refractivity (Wildman–Crippen MR) is 66.9 cm³/mol. The maximum Gasteiger partial charge on any atom is 0.352 e. The molecule has 1 aliphatic rings. The van der Waals surface area contributed by atoms with Gasteiger partial charge in [0.25, 0.3) is 0 Å². The third-order valence-electron chi connectivity index (χ3n) is 3.58. The van der Waals surface area contributed by atoms with E-state index in [4.69, 9.17) is 11.6 Å². The molecule has 0 aliphatic heterocycles. The first-order valence-electron chi connectivity index (χ1n) is 5.56. The first-order valence-corrected chi connectivity index (χ1v) is 5.94. The molecule has 3 nitrogen and oxygen atoms in total. The Kier molecular flexibility index (Phi) is 2.05. The van der Waals surface area contributed by atoms with Crippen molar-refractivity contribution in [1.82, 2.24) is 4.98 Å². The van der Waals surface area contributed by atoms with Gasteiger partial charge >= 0.3 is 5.97 Å². The summed E-state index contributed by atoms with van der Waals surface area (Å²) in [5.74, 6) is -0.902. The Balaban J connectivity index is 2.37. The SMILES string of the molecule is CC1(c2c(C(=O)O)[nH]c3ccc(Cl)cc23)CC1. The van der Waals surface area contributed by atoms with E-state index in [0.717, 1.165) is 29.3 Å².